The van der Waals surface area contributed by atoms with Crippen LogP contribution in [0.15, 0.2) is 24.3 Å². The van der Waals surface area contributed by atoms with Gasteiger partial charge in [-0.15, -0.1) is 0 Å². The summed E-state index contributed by atoms with van der Waals surface area (Å²) in [5.74, 6) is 0.393. The fraction of sp³-hybridized carbons (Fsp3) is 0.571. The first-order chi connectivity index (χ1) is 7.16. The van der Waals surface area contributed by atoms with Crippen molar-refractivity contribution in [2.75, 3.05) is 0 Å². The molecule has 1 nitrogen and oxygen atoms in total. The van der Waals surface area contributed by atoms with E-state index >= 15 is 0 Å². The molecule has 0 unspecified atom stereocenters. The standard InChI is InChI=1S/C14H20O/c1-3-12-6-8-13(9-7-12)14(15)10-4-5-11(14)2/h6-9,11,15H,3-5,10H2,1-2H3/t11-,14+/m1/s1. The van der Waals surface area contributed by atoms with Gasteiger partial charge in [-0.2, -0.15) is 0 Å². The Labute approximate surface area is 92.1 Å². The van der Waals surface area contributed by atoms with Crippen molar-refractivity contribution in [1.29, 1.82) is 0 Å². The van der Waals surface area contributed by atoms with E-state index in [1.165, 1.54) is 5.56 Å². The summed E-state index contributed by atoms with van der Waals surface area (Å²) in [5, 5.41) is 10.6. The second kappa shape index (κ2) is 3.97. The van der Waals surface area contributed by atoms with Crippen molar-refractivity contribution >= 4 is 0 Å². The Balaban J connectivity index is 2.28. The number of aliphatic hydroxyl groups is 1. The summed E-state index contributed by atoms with van der Waals surface area (Å²) in [4.78, 5) is 0. The Hall–Kier alpha value is -0.820. The average Bonchev–Trinajstić information content (AvgIpc) is 2.61. The molecular weight excluding hydrogens is 184 g/mol. The Kier molecular flexibility index (Phi) is 2.83. The molecule has 0 amide bonds. The van der Waals surface area contributed by atoms with Gasteiger partial charge in [0, 0.05) is 0 Å². The summed E-state index contributed by atoms with van der Waals surface area (Å²) in [7, 11) is 0. The van der Waals surface area contributed by atoms with Crippen LogP contribution >= 0.6 is 0 Å². The second-order valence-corrected chi connectivity index (χ2v) is 4.77. The molecule has 2 atom stereocenters. The minimum atomic E-state index is -0.563. The van der Waals surface area contributed by atoms with Crippen LogP contribution in [0, 0.1) is 5.92 Å². The van der Waals surface area contributed by atoms with E-state index in [9.17, 15) is 5.11 Å². The largest absolute Gasteiger partial charge is 0.385 e. The van der Waals surface area contributed by atoms with Gasteiger partial charge in [-0.1, -0.05) is 38.1 Å². The van der Waals surface area contributed by atoms with Gasteiger partial charge in [0.15, 0.2) is 0 Å². The van der Waals surface area contributed by atoms with E-state index in [2.05, 4.69) is 38.1 Å². The quantitative estimate of drug-likeness (QED) is 0.784. The molecule has 0 aromatic heterocycles. The Bertz CT molecular complexity index is 328. The lowest BCUT2D eigenvalue weighted by atomic mass is 9.85. The fourth-order valence-electron chi connectivity index (χ4n) is 2.62. The highest BCUT2D eigenvalue weighted by atomic mass is 16.3. The van der Waals surface area contributed by atoms with Crippen molar-refractivity contribution in [3.8, 4) is 0 Å². The summed E-state index contributed by atoms with van der Waals surface area (Å²) in [6, 6.07) is 8.47. The number of hydrogen-bond acceptors (Lipinski definition) is 1. The molecular formula is C14H20O. The smallest absolute Gasteiger partial charge is 0.0921 e. The van der Waals surface area contributed by atoms with E-state index in [0.29, 0.717) is 5.92 Å². The van der Waals surface area contributed by atoms with Crippen LogP contribution < -0.4 is 0 Å². The molecule has 1 fully saturated rings. The van der Waals surface area contributed by atoms with E-state index in [1.54, 1.807) is 0 Å². The van der Waals surface area contributed by atoms with E-state index in [0.717, 1.165) is 31.2 Å². The van der Waals surface area contributed by atoms with E-state index in [1.807, 2.05) is 0 Å². The van der Waals surface area contributed by atoms with Crippen molar-refractivity contribution in [2.45, 2.75) is 45.1 Å². The molecule has 1 saturated carbocycles. The summed E-state index contributed by atoms with van der Waals surface area (Å²) in [5.41, 5.74) is 1.88. The molecule has 82 valence electrons. The first kappa shape index (κ1) is 10.7. The molecule has 15 heavy (non-hydrogen) atoms. The van der Waals surface area contributed by atoms with Crippen LogP contribution in [-0.4, -0.2) is 5.11 Å². The number of hydrogen-bond donors (Lipinski definition) is 1. The summed E-state index contributed by atoms with van der Waals surface area (Å²) < 4.78 is 0. The zero-order valence-electron chi connectivity index (χ0n) is 9.66. The monoisotopic (exact) mass is 204 g/mol. The van der Waals surface area contributed by atoms with Crippen LogP contribution in [0.3, 0.4) is 0 Å². The zero-order valence-corrected chi connectivity index (χ0v) is 9.66. The van der Waals surface area contributed by atoms with Crippen molar-refractivity contribution in [1.82, 2.24) is 0 Å². The first-order valence-corrected chi connectivity index (χ1v) is 5.98. The van der Waals surface area contributed by atoms with Gasteiger partial charge < -0.3 is 5.11 Å². The van der Waals surface area contributed by atoms with Gasteiger partial charge in [0.05, 0.1) is 5.60 Å². The molecule has 0 bridgehead atoms. The molecule has 1 aromatic rings. The van der Waals surface area contributed by atoms with Crippen molar-refractivity contribution in [2.24, 2.45) is 5.92 Å². The Morgan fingerprint density at radius 3 is 2.47 bits per heavy atom. The van der Waals surface area contributed by atoms with E-state index < -0.39 is 5.60 Å². The fourth-order valence-corrected chi connectivity index (χ4v) is 2.62. The summed E-state index contributed by atoms with van der Waals surface area (Å²) in [6.45, 7) is 4.31. The molecule has 0 spiro atoms. The lowest BCUT2D eigenvalue weighted by molar-refractivity contribution is 0.00448. The third-order valence-electron chi connectivity index (χ3n) is 3.87. The molecule has 0 heterocycles. The van der Waals surface area contributed by atoms with Gasteiger partial charge in [-0.25, -0.2) is 0 Å². The van der Waals surface area contributed by atoms with Crippen LogP contribution in [0.4, 0.5) is 0 Å². The number of rotatable bonds is 2. The lowest BCUT2D eigenvalue weighted by Crippen LogP contribution is -2.28. The third kappa shape index (κ3) is 1.81. The predicted molar refractivity (Wildman–Crippen MR) is 62.7 cm³/mol. The van der Waals surface area contributed by atoms with Crippen LogP contribution in [0.1, 0.15) is 44.2 Å². The zero-order chi connectivity index (χ0) is 10.9. The van der Waals surface area contributed by atoms with Crippen molar-refractivity contribution < 1.29 is 5.11 Å². The average molecular weight is 204 g/mol. The van der Waals surface area contributed by atoms with Crippen LogP contribution in [-0.2, 0) is 12.0 Å². The number of aryl methyl sites for hydroxylation is 1. The molecule has 2 rings (SSSR count). The molecule has 1 aromatic carbocycles. The highest BCUT2D eigenvalue weighted by molar-refractivity contribution is 5.28. The van der Waals surface area contributed by atoms with Gasteiger partial charge in [0.2, 0.25) is 0 Å². The predicted octanol–water partition coefficient (Wildman–Crippen LogP) is 3.26. The minimum absolute atomic E-state index is 0.393. The van der Waals surface area contributed by atoms with Crippen LogP contribution in [0.25, 0.3) is 0 Å². The molecule has 0 aliphatic heterocycles. The Morgan fingerprint density at radius 1 is 1.33 bits per heavy atom. The maximum Gasteiger partial charge on any atom is 0.0921 e. The molecule has 1 N–H and O–H groups in total. The van der Waals surface area contributed by atoms with Gasteiger partial charge in [0.25, 0.3) is 0 Å². The van der Waals surface area contributed by atoms with Crippen molar-refractivity contribution in [3.63, 3.8) is 0 Å². The molecule has 0 saturated heterocycles. The normalized spacial score (nSPS) is 30.7. The van der Waals surface area contributed by atoms with Crippen LogP contribution in [0.2, 0.25) is 0 Å². The SMILES string of the molecule is CCc1ccc([C@]2(O)CCC[C@H]2C)cc1. The van der Waals surface area contributed by atoms with Gasteiger partial charge in [0.1, 0.15) is 0 Å². The van der Waals surface area contributed by atoms with Gasteiger partial charge in [-0.05, 0) is 42.7 Å². The Morgan fingerprint density at radius 2 is 2.00 bits per heavy atom. The highest BCUT2D eigenvalue weighted by Gasteiger charge is 2.39. The number of benzene rings is 1. The molecule has 1 heteroatoms. The maximum absolute atomic E-state index is 10.6. The van der Waals surface area contributed by atoms with E-state index in [4.69, 9.17) is 0 Å². The van der Waals surface area contributed by atoms with Crippen LogP contribution in [0.5, 0.6) is 0 Å². The van der Waals surface area contributed by atoms with E-state index in [-0.39, 0.29) is 0 Å². The first-order valence-electron chi connectivity index (χ1n) is 5.98. The third-order valence-corrected chi connectivity index (χ3v) is 3.87. The minimum Gasteiger partial charge on any atom is -0.385 e. The molecule has 1 aliphatic carbocycles. The van der Waals surface area contributed by atoms with Gasteiger partial charge >= 0.3 is 0 Å². The lowest BCUT2D eigenvalue weighted by Gasteiger charge is -2.28. The van der Waals surface area contributed by atoms with Gasteiger partial charge in [-0.3, -0.25) is 0 Å². The summed E-state index contributed by atoms with van der Waals surface area (Å²) >= 11 is 0. The molecule has 1 aliphatic rings. The second-order valence-electron chi connectivity index (χ2n) is 4.77. The highest BCUT2D eigenvalue weighted by Crippen LogP contribution is 2.43. The molecule has 0 radical (unpaired) electrons. The van der Waals surface area contributed by atoms with Crippen molar-refractivity contribution in [3.05, 3.63) is 35.4 Å². The topological polar surface area (TPSA) is 20.2 Å². The summed E-state index contributed by atoms with van der Waals surface area (Å²) in [6.07, 6.45) is 4.27. The maximum atomic E-state index is 10.6.